The van der Waals surface area contributed by atoms with Crippen molar-refractivity contribution in [2.75, 3.05) is 11.5 Å². The van der Waals surface area contributed by atoms with E-state index in [2.05, 4.69) is 110 Å². The molecule has 4 N–H and O–H groups in total. The first-order chi connectivity index (χ1) is 27.4. The van der Waals surface area contributed by atoms with Crippen LogP contribution in [0, 0.1) is 0 Å². The van der Waals surface area contributed by atoms with Crippen LogP contribution in [0.3, 0.4) is 0 Å². The summed E-state index contributed by atoms with van der Waals surface area (Å²) in [5, 5.41) is 0. The van der Waals surface area contributed by atoms with Crippen LogP contribution in [0.4, 0.5) is 11.4 Å². The maximum atomic E-state index is 5.36. The Morgan fingerprint density at radius 2 is 0.632 bits per heavy atom. The van der Waals surface area contributed by atoms with Crippen molar-refractivity contribution >= 4 is 11.4 Å². The predicted molar refractivity (Wildman–Crippen MR) is 271 cm³/mol. The van der Waals surface area contributed by atoms with E-state index >= 15 is 0 Å². The fraction of sp³-hybridized carbons (Fsp3) is 0.509. The monoisotopic (exact) mass is 794 g/mol. The molecule has 0 bridgehead atoms. The number of para-hydroxylation sites is 2. The molecule has 2 aromatic carbocycles. The van der Waals surface area contributed by atoms with Crippen molar-refractivity contribution in [3.8, 4) is 0 Å². The molecule has 0 radical (unpaired) electrons. The maximum Gasteiger partial charge on any atom is 0.168 e. The van der Waals surface area contributed by atoms with Gasteiger partial charge < -0.3 is 11.5 Å². The van der Waals surface area contributed by atoms with Crippen molar-refractivity contribution in [3.05, 3.63) is 144 Å². The van der Waals surface area contributed by atoms with Gasteiger partial charge in [0.05, 0.1) is 0 Å². The van der Waals surface area contributed by atoms with Gasteiger partial charge in [-0.25, -0.2) is 4.57 Å². The average Bonchev–Trinajstić information content (AvgIpc) is 3.28. The molecular formula is C53H101N4+. The molecular weight excluding hydrogens is 693 g/mol. The minimum absolute atomic E-state index is 0.822. The third-order valence-corrected chi connectivity index (χ3v) is 5.92. The first kappa shape index (κ1) is 73.9. The molecule has 0 spiro atoms. The summed E-state index contributed by atoms with van der Waals surface area (Å²) in [6.07, 6.45) is 11.5. The van der Waals surface area contributed by atoms with E-state index in [1.54, 1.807) is 12.4 Å². The van der Waals surface area contributed by atoms with Crippen LogP contribution in [-0.2, 0) is 6.54 Å². The second-order valence-electron chi connectivity index (χ2n) is 11.0. The topological polar surface area (TPSA) is 68.8 Å². The van der Waals surface area contributed by atoms with Crippen molar-refractivity contribution in [3.63, 3.8) is 0 Å². The molecule has 0 aliphatic carbocycles. The highest BCUT2D eigenvalue weighted by molar-refractivity contribution is 5.36. The fourth-order valence-electron chi connectivity index (χ4n) is 2.06. The second-order valence-corrected chi connectivity index (χ2v) is 11.0. The number of aromatic nitrogens is 2. The lowest BCUT2D eigenvalue weighted by Crippen LogP contribution is -2.31. The molecule has 0 aliphatic rings. The van der Waals surface area contributed by atoms with Crippen LogP contribution in [-0.4, -0.2) is 4.98 Å². The smallest absolute Gasteiger partial charge is 0.168 e. The number of nitrogens with two attached hydrogens (primary N) is 2. The molecule has 2 aromatic heterocycles. The lowest BCUT2D eigenvalue weighted by molar-refractivity contribution is -0.697. The van der Waals surface area contributed by atoms with Crippen LogP contribution in [0.5, 0.6) is 0 Å². The largest absolute Gasteiger partial charge is 0.399 e. The zero-order valence-corrected chi connectivity index (χ0v) is 42.4. The number of anilines is 2. The summed E-state index contributed by atoms with van der Waals surface area (Å²) in [7, 11) is 0. The molecule has 0 amide bonds. The number of rotatable bonds is 3. The summed E-state index contributed by atoms with van der Waals surface area (Å²) in [5.41, 5.74) is 18.1. The molecule has 57 heavy (non-hydrogen) atoms. The van der Waals surface area contributed by atoms with Crippen molar-refractivity contribution in [2.24, 2.45) is 0 Å². The molecule has 0 aliphatic heterocycles. The highest BCUT2D eigenvalue weighted by Gasteiger charge is 1.90. The van der Waals surface area contributed by atoms with Gasteiger partial charge in [-0.3, -0.25) is 4.98 Å². The number of hydrogen-bond donors (Lipinski definition) is 2. The Kier molecular flexibility index (Phi) is 99.2. The van der Waals surface area contributed by atoms with Gasteiger partial charge in [-0.1, -0.05) is 188 Å². The number of nitrogens with zero attached hydrogens (tertiary/aromatic N) is 2. The van der Waals surface area contributed by atoms with Gasteiger partial charge in [0, 0.05) is 42.3 Å². The van der Waals surface area contributed by atoms with Crippen molar-refractivity contribution < 1.29 is 4.57 Å². The van der Waals surface area contributed by atoms with Gasteiger partial charge in [-0.05, 0) is 91.8 Å². The highest BCUT2D eigenvalue weighted by atomic mass is 14.9. The van der Waals surface area contributed by atoms with Crippen LogP contribution >= 0.6 is 0 Å². The van der Waals surface area contributed by atoms with Crippen molar-refractivity contribution in [2.45, 2.75) is 185 Å². The predicted octanol–water partition coefficient (Wildman–Crippen LogP) is 17.7. The number of nitrogen functional groups attached to an aromatic ring is 2. The summed E-state index contributed by atoms with van der Waals surface area (Å²) in [5.74, 6) is 0. The van der Waals surface area contributed by atoms with Crippen molar-refractivity contribution in [1.29, 1.82) is 0 Å². The van der Waals surface area contributed by atoms with Gasteiger partial charge in [0.2, 0.25) is 0 Å². The standard InChI is InChI=1S/C8H12N.2C6H7N.2C6H12.C5H5N.C4H10.6C2H6/c1-2-6-9-7-4-3-5-8-9;2*7-6-4-2-1-3-5-6;2*1-5(2)6(3)4;1-2-4-6-5-3-1;1-3-4-2;6*1-2/h3-5,7-8H,2,6H2,1H3;2*1-5H,7H2;2*1-4H3;1-5H;3-4H2,1-2H3;6*1-2H3/q+1;;;;;;;;;;;;. The van der Waals surface area contributed by atoms with E-state index in [0.717, 1.165) is 17.9 Å². The number of unbranched alkanes of at least 4 members (excludes halogenated alkanes) is 1. The lowest BCUT2D eigenvalue weighted by Gasteiger charge is -1.88. The van der Waals surface area contributed by atoms with Gasteiger partial charge >= 0.3 is 0 Å². The number of pyridine rings is 2. The van der Waals surface area contributed by atoms with Crippen LogP contribution in [0.2, 0.25) is 0 Å². The van der Waals surface area contributed by atoms with Crippen molar-refractivity contribution in [1.82, 2.24) is 4.98 Å². The summed E-state index contributed by atoms with van der Waals surface area (Å²) in [6.45, 7) is 48.6. The molecule has 2 heterocycles. The van der Waals surface area contributed by atoms with E-state index in [9.17, 15) is 0 Å². The molecule has 4 rings (SSSR count). The minimum atomic E-state index is 0.822. The molecule has 332 valence electrons. The lowest BCUT2D eigenvalue weighted by atomic mass is 10.2. The number of allylic oxidation sites excluding steroid dienone is 4. The molecule has 0 fully saturated rings. The second kappa shape index (κ2) is 76.5. The number of hydrogen-bond acceptors (Lipinski definition) is 3. The zero-order chi connectivity index (χ0) is 46.7. The quantitative estimate of drug-likeness (QED) is 0.123. The summed E-state index contributed by atoms with van der Waals surface area (Å²) in [4.78, 5) is 3.78. The van der Waals surface area contributed by atoms with E-state index in [1.165, 1.54) is 41.6 Å². The van der Waals surface area contributed by atoms with E-state index in [0.29, 0.717) is 0 Å². The van der Waals surface area contributed by atoms with Gasteiger partial charge in [-0.15, -0.1) is 0 Å². The molecule has 0 saturated heterocycles. The fourth-order valence-corrected chi connectivity index (χ4v) is 2.06. The van der Waals surface area contributed by atoms with Gasteiger partial charge in [0.25, 0.3) is 0 Å². The Labute approximate surface area is 360 Å². The Hall–Kier alpha value is -4.18. The van der Waals surface area contributed by atoms with Crippen LogP contribution in [0.1, 0.15) is 179 Å². The highest BCUT2D eigenvalue weighted by Crippen LogP contribution is 1.98. The average molecular weight is 794 g/mol. The van der Waals surface area contributed by atoms with E-state index in [4.69, 9.17) is 11.5 Å². The Morgan fingerprint density at radius 1 is 0.386 bits per heavy atom. The Morgan fingerprint density at radius 3 is 0.772 bits per heavy atom. The van der Waals surface area contributed by atoms with Gasteiger partial charge in [0.15, 0.2) is 12.4 Å². The van der Waals surface area contributed by atoms with Crippen LogP contribution in [0.15, 0.2) is 144 Å². The first-order valence-corrected chi connectivity index (χ1v) is 22.0. The van der Waals surface area contributed by atoms with E-state index in [-0.39, 0.29) is 0 Å². The van der Waals surface area contributed by atoms with E-state index in [1.807, 2.05) is 168 Å². The first-order valence-electron chi connectivity index (χ1n) is 22.0. The summed E-state index contributed by atoms with van der Waals surface area (Å²) < 4.78 is 2.18. The Balaban J connectivity index is -0.0000000649. The zero-order valence-electron chi connectivity index (χ0n) is 42.4. The van der Waals surface area contributed by atoms with Crippen LogP contribution in [0.25, 0.3) is 0 Å². The van der Waals surface area contributed by atoms with Gasteiger partial charge in [-0.2, -0.15) is 0 Å². The molecule has 4 heteroatoms. The Bertz CT molecular complexity index is 1060. The third-order valence-electron chi connectivity index (χ3n) is 5.92. The third kappa shape index (κ3) is 89.9. The summed E-state index contributed by atoms with van der Waals surface area (Å²) in [6, 6.07) is 30.8. The minimum Gasteiger partial charge on any atom is -0.399 e. The maximum absolute atomic E-state index is 5.36. The number of aryl methyl sites for hydroxylation is 1. The SMILES string of the molecule is CC.CC.CC.CC.CC.CC.CC(C)=C(C)C.CC(C)=C(C)C.CCCC.CCC[n+]1ccccc1.Nc1ccccc1.Nc1ccccc1.c1ccncc1. The molecule has 0 atom stereocenters. The molecule has 0 unspecified atom stereocenters. The molecule has 4 aromatic rings. The summed E-state index contributed by atoms with van der Waals surface area (Å²) >= 11 is 0. The molecule has 0 saturated carbocycles. The normalized spacial score (nSPS) is 7.28. The van der Waals surface area contributed by atoms with Gasteiger partial charge in [0.1, 0.15) is 6.54 Å². The van der Waals surface area contributed by atoms with Crippen LogP contribution < -0.4 is 16.0 Å². The van der Waals surface area contributed by atoms with E-state index < -0.39 is 0 Å². The molecule has 4 nitrogen and oxygen atoms in total. The number of benzene rings is 2.